The van der Waals surface area contributed by atoms with Crippen molar-refractivity contribution in [2.75, 3.05) is 19.7 Å². The molecule has 2 amide bonds. The number of aliphatic hydroxyl groups is 1. The molecule has 244 valence electrons. The first kappa shape index (κ1) is 32.2. The van der Waals surface area contributed by atoms with Crippen molar-refractivity contribution in [3.63, 3.8) is 0 Å². The van der Waals surface area contributed by atoms with Crippen molar-refractivity contribution in [1.29, 1.82) is 0 Å². The molecule has 6 rings (SSSR count). The van der Waals surface area contributed by atoms with E-state index in [9.17, 15) is 19.5 Å². The van der Waals surface area contributed by atoms with Crippen LogP contribution in [0.1, 0.15) is 45.5 Å². The van der Waals surface area contributed by atoms with Crippen LogP contribution in [0.2, 0.25) is 0 Å². The van der Waals surface area contributed by atoms with Gasteiger partial charge in [0.1, 0.15) is 24.1 Å². The third-order valence-corrected chi connectivity index (χ3v) is 8.65. The predicted molar refractivity (Wildman–Crippen MR) is 173 cm³/mol. The zero-order valence-electron chi connectivity index (χ0n) is 25.9. The quantitative estimate of drug-likeness (QED) is 0.234. The minimum Gasteiger partial charge on any atom is -0.508 e. The molecule has 3 atom stereocenters. The second-order valence-corrected chi connectivity index (χ2v) is 11.9. The van der Waals surface area contributed by atoms with Crippen molar-refractivity contribution in [3.8, 4) is 5.75 Å². The molecule has 0 radical (unpaired) electrons. The number of aromatic hydroxyl groups is 1. The number of phenols is 1. The summed E-state index contributed by atoms with van der Waals surface area (Å²) in [4.78, 5) is 38.9. The second kappa shape index (κ2) is 14.3. The second-order valence-electron chi connectivity index (χ2n) is 11.9. The molecule has 1 fully saturated rings. The van der Waals surface area contributed by atoms with Crippen molar-refractivity contribution >= 4 is 23.9 Å². The van der Waals surface area contributed by atoms with E-state index >= 15 is 0 Å². The standard InChI is InChI=1S/C37H38N2O8/c40-19-18-38-33(42)16-17-39-35(43)28-20-31(34-32(21-28)46-37(47-34)22-26-10-1-2-11-27(26)23-37)45-36(44)29-14-5-3-8-24(29)12-7-13-25-9-4-6-15-30(25)41/h1-12,14-15,21,31-32,34,40-41H,13,16-20,22-23H2,(H,38,42)(H,39,43)/t31-,32-,34+/m1/s1. The molecule has 1 saturated heterocycles. The fourth-order valence-electron chi connectivity index (χ4n) is 6.37. The first-order chi connectivity index (χ1) is 22.8. The largest absolute Gasteiger partial charge is 0.508 e. The fourth-order valence-corrected chi connectivity index (χ4v) is 6.37. The van der Waals surface area contributed by atoms with E-state index in [1.807, 2.05) is 60.7 Å². The molecule has 1 heterocycles. The van der Waals surface area contributed by atoms with Gasteiger partial charge in [0.05, 0.1) is 12.2 Å². The van der Waals surface area contributed by atoms with Gasteiger partial charge < -0.3 is 35.1 Å². The summed E-state index contributed by atoms with van der Waals surface area (Å²) in [5, 5.41) is 24.3. The lowest BCUT2D eigenvalue weighted by molar-refractivity contribution is -0.172. The van der Waals surface area contributed by atoms with Crippen LogP contribution in [-0.2, 0) is 43.1 Å². The maximum absolute atomic E-state index is 13.7. The average molecular weight is 639 g/mol. The molecule has 3 aromatic carbocycles. The molecule has 10 nitrogen and oxygen atoms in total. The van der Waals surface area contributed by atoms with E-state index in [0.29, 0.717) is 36.0 Å². The molecule has 0 saturated carbocycles. The Kier molecular flexibility index (Phi) is 9.81. The minimum atomic E-state index is -0.930. The maximum Gasteiger partial charge on any atom is 0.339 e. The number of ether oxygens (including phenoxy) is 3. The van der Waals surface area contributed by atoms with Crippen LogP contribution < -0.4 is 10.6 Å². The number of esters is 1. The topological polar surface area (TPSA) is 143 Å². The van der Waals surface area contributed by atoms with Gasteiger partial charge in [-0.1, -0.05) is 72.8 Å². The smallest absolute Gasteiger partial charge is 0.339 e. The van der Waals surface area contributed by atoms with Crippen molar-refractivity contribution in [2.24, 2.45) is 0 Å². The van der Waals surface area contributed by atoms with Gasteiger partial charge in [-0.15, -0.1) is 0 Å². The molecular weight excluding hydrogens is 600 g/mol. The number of aliphatic hydroxyl groups excluding tert-OH is 1. The summed E-state index contributed by atoms with van der Waals surface area (Å²) in [5.74, 6) is -1.95. The first-order valence-electron chi connectivity index (χ1n) is 15.9. The van der Waals surface area contributed by atoms with Crippen LogP contribution in [0.3, 0.4) is 0 Å². The van der Waals surface area contributed by atoms with E-state index in [2.05, 4.69) is 10.6 Å². The summed E-state index contributed by atoms with van der Waals surface area (Å²) in [6.45, 7) is 0.0803. The Morgan fingerprint density at radius 1 is 0.915 bits per heavy atom. The van der Waals surface area contributed by atoms with E-state index in [4.69, 9.17) is 19.3 Å². The molecule has 2 aliphatic carbocycles. The van der Waals surface area contributed by atoms with Crippen LogP contribution in [-0.4, -0.2) is 71.8 Å². The molecule has 3 aliphatic rings. The highest BCUT2D eigenvalue weighted by Gasteiger charge is 2.55. The molecule has 1 spiro atoms. The number of phenolic OH excluding ortho intramolecular Hbond substituents is 1. The Balaban J connectivity index is 1.19. The monoisotopic (exact) mass is 638 g/mol. The fraction of sp³-hybridized carbons (Fsp3) is 0.324. The zero-order chi connectivity index (χ0) is 32.8. The third kappa shape index (κ3) is 7.46. The summed E-state index contributed by atoms with van der Waals surface area (Å²) in [7, 11) is 0. The summed E-state index contributed by atoms with van der Waals surface area (Å²) in [5.41, 5.74) is 4.42. The zero-order valence-corrected chi connectivity index (χ0v) is 25.9. The van der Waals surface area contributed by atoms with E-state index in [1.165, 1.54) is 0 Å². The Bertz CT molecular complexity index is 1670. The molecule has 0 unspecified atom stereocenters. The molecule has 4 N–H and O–H groups in total. The number of amides is 2. The maximum atomic E-state index is 13.7. The third-order valence-electron chi connectivity index (χ3n) is 8.65. The van der Waals surface area contributed by atoms with E-state index < -0.39 is 30.1 Å². The Hall–Kier alpha value is -4.77. The molecule has 3 aromatic rings. The SMILES string of the molecule is O=C(CCNC(=O)C1=C[C@H]2OC3(Cc4ccccc4C3)O[C@H]2[C@H](OC(=O)c2ccccc2C=CCc2ccccc2O)C1)NCCO. The number of para-hydroxylation sites is 1. The number of fused-ring (bicyclic) bond motifs is 2. The molecular formula is C37H38N2O8. The van der Waals surface area contributed by atoms with Crippen LogP contribution in [0.4, 0.5) is 0 Å². The van der Waals surface area contributed by atoms with Crippen molar-refractivity contribution in [2.45, 2.75) is 56.2 Å². The normalized spacial score (nSPS) is 20.8. The number of carbonyl (C=O) groups is 3. The predicted octanol–water partition coefficient (Wildman–Crippen LogP) is 3.40. The van der Waals surface area contributed by atoms with Gasteiger partial charge in [-0.25, -0.2) is 4.79 Å². The summed E-state index contributed by atoms with van der Waals surface area (Å²) >= 11 is 0. The van der Waals surface area contributed by atoms with Gasteiger partial charge in [-0.2, -0.15) is 0 Å². The van der Waals surface area contributed by atoms with Crippen LogP contribution in [0.25, 0.3) is 6.08 Å². The van der Waals surface area contributed by atoms with Crippen LogP contribution in [0.5, 0.6) is 5.75 Å². The lowest BCUT2D eigenvalue weighted by Gasteiger charge is -2.30. The summed E-state index contributed by atoms with van der Waals surface area (Å²) in [6, 6.07) is 22.2. The van der Waals surface area contributed by atoms with E-state index in [-0.39, 0.29) is 50.1 Å². The first-order valence-corrected chi connectivity index (χ1v) is 15.9. The highest BCUT2D eigenvalue weighted by Crippen LogP contribution is 2.45. The number of hydrogen-bond donors (Lipinski definition) is 4. The highest BCUT2D eigenvalue weighted by molar-refractivity contribution is 5.95. The van der Waals surface area contributed by atoms with Crippen molar-refractivity contribution < 1.29 is 38.8 Å². The van der Waals surface area contributed by atoms with Gasteiger partial charge in [0.25, 0.3) is 0 Å². The summed E-state index contributed by atoms with van der Waals surface area (Å²) < 4.78 is 19.2. The average Bonchev–Trinajstić information content (AvgIpc) is 3.62. The molecule has 0 bridgehead atoms. The Labute approximate surface area is 273 Å². The molecule has 47 heavy (non-hydrogen) atoms. The number of rotatable bonds is 11. The van der Waals surface area contributed by atoms with Gasteiger partial charge in [-0.3, -0.25) is 9.59 Å². The Morgan fingerprint density at radius 3 is 2.40 bits per heavy atom. The van der Waals surface area contributed by atoms with E-state index in [0.717, 1.165) is 16.7 Å². The minimum absolute atomic E-state index is 0.0542. The number of nitrogens with one attached hydrogen (secondary N) is 2. The molecule has 10 heteroatoms. The van der Waals surface area contributed by atoms with Gasteiger partial charge in [0.2, 0.25) is 11.8 Å². The van der Waals surface area contributed by atoms with Gasteiger partial charge in [0.15, 0.2) is 5.79 Å². The highest BCUT2D eigenvalue weighted by atomic mass is 16.8. The number of carbonyl (C=O) groups excluding carboxylic acids is 3. The van der Waals surface area contributed by atoms with Gasteiger partial charge >= 0.3 is 5.97 Å². The Morgan fingerprint density at radius 2 is 1.64 bits per heavy atom. The number of hydrogen-bond acceptors (Lipinski definition) is 8. The van der Waals surface area contributed by atoms with Crippen LogP contribution in [0, 0.1) is 0 Å². The molecule has 1 aliphatic heterocycles. The van der Waals surface area contributed by atoms with Crippen LogP contribution in [0.15, 0.2) is 90.5 Å². The molecule has 0 aromatic heterocycles. The van der Waals surface area contributed by atoms with Gasteiger partial charge in [0, 0.05) is 44.3 Å². The number of benzene rings is 3. The van der Waals surface area contributed by atoms with Crippen LogP contribution >= 0.6 is 0 Å². The lowest BCUT2D eigenvalue weighted by Crippen LogP contribution is -2.44. The lowest BCUT2D eigenvalue weighted by atomic mass is 9.91. The number of allylic oxidation sites excluding steroid dienone is 1. The van der Waals surface area contributed by atoms with Crippen molar-refractivity contribution in [3.05, 3.63) is 118 Å². The van der Waals surface area contributed by atoms with Gasteiger partial charge in [-0.05, 0) is 46.9 Å². The van der Waals surface area contributed by atoms with E-state index in [1.54, 1.807) is 30.3 Å². The summed E-state index contributed by atoms with van der Waals surface area (Å²) in [6.07, 6.45) is 5.09. The van der Waals surface area contributed by atoms with Crippen molar-refractivity contribution in [1.82, 2.24) is 10.6 Å².